The molecule has 36 heavy (non-hydrogen) atoms. The minimum atomic E-state index is -4.69. The highest BCUT2D eigenvalue weighted by molar-refractivity contribution is 7.32. The van der Waals surface area contributed by atoms with Gasteiger partial charge in [-0.3, -0.25) is 0 Å². The van der Waals surface area contributed by atoms with Crippen LogP contribution in [0.15, 0.2) is 42.5 Å². The van der Waals surface area contributed by atoms with Crippen molar-refractivity contribution in [2.75, 3.05) is 19.8 Å². The maximum Gasteiger partial charge on any atom is 0.694 e. The minimum Gasteiger partial charge on any atom is -0.493 e. The van der Waals surface area contributed by atoms with Gasteiger partial charge in [0, 0.05) is 10.1 Å². The number of ether oxygens (including phenoxy) is 2. The highest BCUT2D eigenvalue weighted by Gasteiger charge is 2.36. The molecule has 194 valence electrons. The van der Waals surface area contributed by atoms with E-state index in [1.807, 2.05) is 0 Å². The Bertz CT molecular complexity index is 1190. The molecule has 14 heteroatoms. The van der Waals surface area contributed by atoms with E-state index in [9.17, 15) is 22.1 Å². The Morgan fingerprint density at radius 1 is 1.06 bits per heavy atom. The molecule has 2 atom stereocenters. The molecule has 3 rings (SSSR count). The summed E-state index contributed by atoms with van der Waals surface area (Å²) in [5.41, 5.74) is 3.96. The van der Waals surface area contributed by atoms with E-state index in [4.69, 9.17) is 20.1 Å². The number of benzene rings is 2. The molecule has 0 aliphatic carbocycles. The van der Waals surface area contributed by atoms with Crippen molar-refractivity contribution < 1.29 is 41.0 Å². The zero-order valence-electron chi connectivity index (χ0n) is 19.0. The van der Waals surface area contributed by atoms with E-state index in [-0.39, 0.29) is 46.9 Å². The first-order valence-corrected chi connectivity index (χ1v) is 12.6. The Morgan fingerprint density at radius 2 is 1.72 bits per heavy atom. The predicted molar refractivity (Wildman–Crippen MR) is 124 cm³/mol. The molecule has 1 heterocycles. The van der Waals surface area contributed by atoms with Gasteiger partial charge in [-0.05, 0) is 50.1 Å². The van der Waals surface area contributed by atoms with Crippen molar-refractivity contribution in [2.45, 2.75) is 31.5 Å². The molecule has 0 aliphatic heterocycles. The summed E-state index contributed by atoms with van der Waals surface area (Å²) < 4.78 is 80.8. The van der Waals surface area contributed by atoms with E-state index in [2.05, 4.69) is 14.7 Å². The number of halogens is 4. The Kier molecular flexibility index (Phi) is 9.31. The topological polar surface area (TPSA) is 117 Å². The molecule has 0 saturated carbocycles. The SMILES string of the molecule is C[C@](N)(CO[P+](=O)O)c1nnc(-c2ccc(OCCCCOc3ccccc3F)c(C(F)(F)F)c2)s1. The molecule has 8 nitrogen and oxygen atoms in total. The summed E-state index contributed by atoms with van der Waals surface area (Å²) in [6.07, 6.45) is -3.84. The summed E-state index contributed by atoms with van der Waals surface area (Å²) in [5.74, 6) is -0.716. The first kappa shape index (κ1) is 27.9. The van der Waals surface area contributed by atoms with Crippen molar-refractivity contribution in [1.29, 1.82) is 0 Å². The summed E-state index contributed by atoms with van der Waals surface area (Å²) in [7, 11) is -2.87. The highest BCUT2D eigenvalue weighted by Crippen LogP contribution is 2.40. The molecule has 0 radical (unpaired) electrons. The number of para-hydroxylation sites is 1. The van der Waals surface area contributed by atoms with Crippen molar-refractivity contribution in [3.63, 3.8) is 0 Å². The lowest BCUT2D eigenvalue weighted by Gasteiger charge is -2.16. The largest absolute Gasteiger partial charge is 0.694 e. The number of nitrogens with zero attached hydrogens (tertiary/aromatic N) is 2. The summed E-state index contributed by atoms with van der Waals surface area (Å²) in [4.78, 5) is 8.80. The van der Waals surface area contributed by atoms with Crippen molar-refractivity contribution in [1.82, 2.24) is 10.2 Å². The van der Waals surface area contributed by atoms with Gasteiger partial charge in [0.15, 0.2) is 11.6 Å². The van der Waals surface area contributed by atoms with Gasteiger partial charge in [0.2, 0.25) is 0 Å². The molecule has 3 aromatic rings. The standard InChI is InChI=1S/C22H22F4N3O5PS/c1-21(27,13-34-35(30)31)20-29-28-19(36-20)14-8-9-17(15(12-14)22(24,25)26)32-10-4-5-11-33-18-7-3-2-6-16(18)23/h2-3,6-9,12H,4-5,10-11,13,27H2,1H3/p+1/t21-/m0/s1. The van der Waals surface area contributed by atoms with Gasteiger partial charge in [0.25, 0.3) is 0 Å². The van der Waals surface area contributed by atoms with Crippen LogP contribution in [-0.2, 0) is 20.8 Å². The second-order valence-electron chi connectivity index (χ2n) is 7.88. The predicted octanol–water partition coefficient (Wildman–Crippen LogP) is 5.44. The third kappa shape index (κ3) is 7.65. The van der Waals surface area contributed by atoms with Crippen molar-refractivity contribution >= 4 is 19.6 Å². The van der Waals surface area contributed by atoms with Crippen LogP contribution in [-0.4, -0.2) is 34.9 Å². The Balaban J connectivity index is 1.63. The zero-order chi connectivity index (χ0) is 26.3. The maximum atomic E-state index is 13.7. The van der Waals surface area contributed by atoms with Crippen LogP contribution < -0.4 is 15.2 Å². The third-order valence-corrected chi connectivity index (χ3v) is 6.41. The van der Waals surface area contributed by atoms with Gasteiger partial charge in [-0.1, -0.05) is 23.5 Å². The molecular formula is C22H23F4N3O5PS+. The molecular weight excluding hydrogens is 525 g/mol. The molecule has 0 bridgehead atoms. The van der Waals surface area contributed by atoms with Crippen LogP contribution >= 0.6 is 19.6 Å². The lowest BCUT2D eigenvalue weighted by molar-refractivity contribution is -0.138. The second kappa shape index (κ2) is 12.0. The number of aromatic nitrogens is 2. The smallest absolute Gasteiger partial charge is 0.493 e. The third-order valence-electron chi connectivity index (χ3n) is 4.81. The van der Waals surface area contributed by atoms with Crippen LogP contribution in [0.4, 0.5) is 17.6 Å². The average molecular weight is 548 g/mol. The fraction of sp³-hybridized carbons (Fsp3) is 0.364. The molecule has 0 amide bonds. The van der Waals surface area contributed by atoms with Crippen LogP contribution in [0, 0.1) is 5.82 Å². The van der Waals surface area contributed by atoms with E-state index in [1.54, 1.807) is 6.07 Å². The summed E-state index contributed by atoms with van der Waals surface area (Å²) in [6.45, 7) is 1.36. The Hall–Kier alpha value is -2.70. The average Bonchev–Trinajstić information content (AvgIpc) is 3.32. The first-order chi connectivity index (χ1) is 17.0. The number of hydrogen-bond donors (Lipinski definition) is 2. The van der Waals surface area contributed by atoms with E-state index < -0.39 is 31.4 Å². The molecule has 0 aliphatic rings. The van der Waals surface area contributed by atoms with Crippen LogP contribution in [0.5, 0.6) is 11.5 Å². The quantitative estimate of drug-likeness (QED) is 0.175. The van der Waals surface area contributed by atoms with Crippen LogP contribution in [0.1, 0.15) is 30.3 Å². The van der Waals surface area contributed by atoms with Crippen LogP contribution in [0.3, 0.4) is 0 Å². The van der Waals surface area contributed by atoms with Gasteiger partial charge in [-0.25, -0.2) is 4.39 Å². The summed E-state index contributed by atoms with van der Waals surface area (Å²) >= 11 is 0.943. The van der Waals surface area contributed by atoms with Gasteiger partial charge in [-0.15, -0.1) is 19.6 Å². The fourth-order valence-corrected chi connectivity index (χ4v) is 4.22. The minimum absolute atomic E-state index is 0.00462. The van der Waals surface area contributed by atoms with E-state index >= 15 is 0 Å². The normalized spacial score (nSPS) is 13.8. The molecule has 1 aromatic heterocycles. The van der Waals surface area contributed by atoms with Gasteiger partial charge in [-0.2, -0.15) is 13.2 Å². The molecule has 1 unspecified atom stereocenters. The number of alkyl halides is 3. The monoisotopic (exact) mass is 548 g/mol. The number of unbranched alkanes of at least 4 members (excludes halogenated alkanes) is 1. The van der Waals surface area contributed by atoms with E-state index in [0.717, 1.165) is 17.4 Å². The number of rotatable bonds is 12. The van der Waals surface area contributed by atoms with Gasteiger partial charge >= 0.3 is 14.4 Å². The first-order valence-electron chi connectivity index (χ1n) is 10.6. The fourth-order valence-electron chi connectivity index (χ4n) is 2.96. The van der Waals surface area contributed by atoms with Crippen molar-refractivity contribution in [3.05, 3.63) is 58.9 Å². The number of hydrogen-bond acceptors (Lipinski definition) is 8. The van der Waals surface area contributed by atoms with Crippen molar-refractivity contribution in [3.8, 4) is 22.1 Å². The summed E-state index contributed by atoms with van der Waals surface area (Å²) in [6, 6.07) is 9.47. The van der Waals surface area contributed by atoms with E-state index in [1.165, 1.54) is 37.3 Å². The van der Waals surface area contributed by atoms with Crippen LogP contribution in [0.25, 0.3) is 10.6 Å². The summed E-state index contributed by atoms with van der Waals surface area (Å²) in [5, 5.41) is 8.21. The van der Waals surface area contributed by atoms with Gasteiger partial charge in [0.05, 0.1) is 24.3 Å². The van der Waals surface area contributed by atoms with E-state index in [0.29, 0.717) is 12.8 Å². The molecule has 3 N–H and O–H groups in total. The maximum absolute atomic E-state index is 13.7. The zero-order valence-corrected chi connectivity index (χ0v) is 20.7. The van der Waals surface area contributed by atoms with Gasteiger partial charge in [0.1, 0.15) is 22.4 Å². The molecule has 0 fully saturated rings. The Labute approximate surface area is 209 Å². The number of nitrogens with two attached hydrogens (primary N) is 1. The lowest BCUT2D eigenvalue weighted by atomic mass is 10.1. The van der Waals surface area contributed by atoms with Gasteiger partial charge < -0.3 is 15.2 Å². The van der Waals surface area contributed by atoms with Crippen molar-refractivity contribution in [2.24, 2.45) is 5.73 Å². The Morgan fingerprint density at radius 3 is 2.36 bits per heavy atom. The highest BCUT2D eigenvalue weighted by atomic mass is 32.1. The molecule has 0 saturated heterocycles. The van der Waals surface area contributed by atoms with Crippen LogP contribution in [0.2, 0.25) is 0 Å². The second-order valence-corrected chi connectivity index (χ2v) is 9.60. The lowest BCUT2D eigenvalue weighted by Crippen LogP contribution is -2.37. The molecule has 0 spiro atoms. The molecule has 2 aromatic carbocycles.